The SMILES string of the molecule is O=c1ccncn1Cc1ccccc1[N+](=O)[O-]. The van der Waals surface area contributed by atoms with E-state index in [0.29, 0.717) is 5.56 Å². The zero-order chi connectivity index (χ0) is 12.3. The van der Waals surface area contributed by atoms with Gasteiger partial charge in [-0.25, -0.2) is 4.98 Å². The first-order chi connectivity index (χ1) is 8.18. The highest BCUT2D eigenvalue weighted by atomic mass is 16.6. The van der Waals surface area contributed by atoms with Crippen molar-refractivity contribution in [3.63, 3.8) is 0 Å². The van der Waals surface area contributed by atoms with Gasteiger partial charge in [-0.1, -0.05) is 18.2 Å². The fourth-order valence-corrected chi connectivity index (χ4v) is 1.50. The quantitative estimate of drug-likeness (QED) is 0.587. The molecule has 6 nitrogen and oxygen atoms in total. The Labute approximate surface area is 96.3 Å². The summed E-state index contributed by atoms with van der Waals surface area (Å²) >= 11 is 0. The monoisotopic (exact) mass is 231 g/mol. The lowest BCUT2D eigenvalue weighted by Gasteiger charge is -2.04. The number of nitro benzene ring substituents is 1. The molecule has 1 aromatic heterocycles. The predicted molar refractivity (Wildman–Crippen MR) is 60.7 cm³/mol. The third kappa shape index (κ3) is 2.36. The minimum atomic E-state index is -0.462. The normalized spacial score (nSPS) is 10.1. The van der Waals surface area contributed by atoms with Crippen molar-refractivity contribution in [1.29, 1.82) is 0 Å². The van der Waals surface area contributed by atoms with E-state index in [1.165, 1.54) is 29.2 Å². The molecule has 0 fully saturated rings. The van der Waals surface area contributed by atoms with Crippen LogP contribution in [0.1, 0.15) is 5.56 Å². The fourth-order valence-electron chi connectivity index (χ4n) is 1.50. The third-order valence-electron chi connectivity index (χ3n) is 2.32. The number of nitro groups is 1. The number of nitrogens with zero attached hydrogens (tertiary/aromatic N) is 3. The van der Waals surface area contributed by atoms with E-state index >= 15 is 0 Å². The molecule has 0 bridgehead atoms. The van der Waals surface area contributed by atoms with Gasteiger partial charge in [-0.3, -0.25) is 19.5 Å². The number of hydrogen-bond donors (Lipinski definition) is 0. The molecule has 0 amide bonds. The average molecular weight is 231 g/mol. The van der Waals surface area contributed by atoms with Gasteiger partial charge in [-0.2, -0.15) is 0 Å². The first-order valence-corrected chi connectivity index (χ1v) is 4.91. The highest BCUT2D eigenvalue weighted by Gasteiger charge is 2.12. The Bertz CT molecular complexity index is 607. The molecule has 0 N–H and O–H groups in total. The van der Waals surface area contributed by atoms with Crippen molar-refractivity contribution in [3.05, 3.63) is 68.9 Å². The lowest BCUT2D eigenvalue weighted by molar-refractivity contribution is -0.385. The van der Waals surface area contributed by atoms with E-state index in [4.69, 9.17) is 0 Å². The molecule has 0 aliphatic heterocycles. The molecule has 0 radical (unpaired) electrons. The van der Waals surface area contributed by atoms with Crippen LogP contribution in [0.3, 0.4) is 0 Å². The number of rotatable bonds is 3. The zero-order valence-corrected chi connectivity index (χ0v) is 8.81. The molecule has 2 aromatic rings. The van der Waals surface area contributed by atoms with Crippen molar-refractivity contribution in [2.24, 2.45) is 0 Å². The largest absolute Gasteiger partial charge is 0.295 e. The van der Waals surface area contributed by atoms with Crippen LogP contribution >= 0.6 is 0 Å². The van der Waals surface area contributed by atoms with Crippen molar-refractivity contribution in [3.8, 4) is 0 Å². The number of aromatic nitrogens is 2. The minimum absolute atomic E-state index is 0.00301. The van der Waals surface area contributed by atoms with Gasteiger partial charge >= 0.3 is 0 Å². The van der Waals surface area contributed by atoms with Crippen LogP contribution in [0.4, 0.5) is 5.69 Å². The zero-order valence-electron chi connectivity index (χ0n) is 8.81. The summed E-state index contributed by atoms with van der Waals surface area (Å²) < 4.78 is 1.32. The van der Waals surface area contributed by atoms with E-state index in [1.54, 1.807) is 18.2 Å². The highest BCUT2D eigenvalue weighted by molar-refractivity contribution is 5.39. The summed E-state index contributed by atoms with van der Waals surface area (Å²) in [5.41, 5.74) is 0.244. The molecule has 0 saturated carbocycles. The maximum Gasteiger partial charge on any atom is 0.274 e. The molecule has 2 rings (SSSR count). The lowest BCUT2D eigenvalue weighted by Crippen LogP contribution is -2.19. The van der Waals surface area contributed by atoms with Gasteiger partial charge in [0.1, 0.15) is 0 Å². The Hall–Kier alpha value is -2.50. The molecule has 0 aliphatic carbocycles. The van der Waals surface area contributed by atoms with Gasteiger partial charge in [0.15, 0.2) is 0 Å². The molecule has 86 valence electrons. The summed E-state index contributed by atoms with van der Waals surface area (Å²) in [6, 6.07) is 7.64. The summed E-state index contributed by atoms with van der Waals surface area (Å²) in [5.74, 6) is 0. The van der Waals surface area contributed by atoms with Gasteiger partial charge in [0.25, 0.3) is 11.2 Å². The smallest absolute Gasteiger partial charge is 0.274 e. The first kappa shape index (κ1) is 11.0. The van der Waals surface area contributed by atoms with E-state index in [0.717, 1.165) is 0 Å². The molecule has 0 saturated heterocycles. The van der Waals surface area contributed by atoms with Gasteiger partial charge in [0.2, 0.25) is 0 Å². The van der Waals surface area contributed by atoms with Crippen molar-refractivity contribution in [1.82, 2.24) is 9.55 Å². The number of hydrogen-bond acceptors (Lipinski definition) is 4. The molecule has 0 unspecified atom stereocenters. The third-order valence-corrected chi connectivity index (χ3v) is 2.32. The molecule has 6 heteroatoms. The molecule has 0 spiro atoms. The van der Waals surface area contributed by atoms with Crippen LogP contribution in [0.25, 0.3) is 0 Å². The Morgan fingerprint density at radius 2 is 2.06 bits per heavy atom. The van der Waals surface area contributed by atoms with E-state index in [1.807, 2.05) is 0 Å². The van der Waals surface area contributed by atoms with Crippen LogP contribution in [-0.2, 0) is 6.54 Å². The summed E-state index contributed by atoms with van der Waals surface area (Å²) in [7, 11) is 0. The topological polar surface area (TPSA) is 78.0 Å². The Morgan fingerprint density at radius 1 is 1.29 bits per heavy atom. The van der Waals surface area contributed by atoms with E-state index < -0.39 is 4.92 Å². The second kappa shape index (κ2) is 4.56. The van der Waals surface area contributed by atoms with Crippen molar-refractivity contribution in [2.45, 2.75) is 6.54 Å². The van der Waals surface area contributed by atoms with Gasteiger partial charge in [0.05, 0.1) is 17.8 Å². The van der Waals surface area contributed by atoms with Crippen LogP contribution < -0.4 is 5.56 Å². The molecule has 0 atom stereocenters. The van der Waals surface area contributed by atoms with Crippen molar-refractivity contribution >= 4 is 5.69 Å². The van der Waals surface area contributed by atoms with Gasteiger partial charge in [-0.15, -0.1) is 0 Å². The number of benzene rings is 1. The average Bonchev–Trinajstić information content (AvgIpc) is 2.32. The summed E-state index contributed by atoms with van der Waals surface area (Å²) in [6.07, 6.45) is 2.75. The van der Waals surface area contributed by atoms with Gasteiger partial charge < -0.3 is 0 Å². The van der Waals surface area contributed by atoms with Crippen LogP contribution in [0.15, 0.2) is 47.7 Å². The van der Waals surface area contributed by atoms with Crippen LogP contribution in [0, 0.1) is 10.1 Å². The van der Waals surface area contributed by atoms with Crippen LogP contribution in [0.2, 0.25) is 0 Å². The Morgan fingerprint density at radius 3 is 2.76 bits per heavy atom. The Kier molecular flexibility index (Phi) is 2.95. The minimum Gasteiger partial charge on any atom is -0.295 e. The molecule has 0 aliphatic rings. The van der Waals surface area contributed by atoms with Gasteiger partial charge in [0, 0.05) is 23.9 Å². The first-order valence-electron chi connectivity index (χ1n) is 4.91. The second-order valence-corrected chi connectivity index (χ2v) is 3.43. The molecule has 1 aromatic carbocycles. The predicted octanol–water partition coefficient (Wildman–Crippen LogP) is 1.20. The van der Waals surface area contributed by atoms with Crippen molar-refractivity contribution in [2.75, 3.05) is 0 Å². The standard InChI is InChI=1S/C11H9N3O3/c15-11-5-6-12-8-13(11)7-9-3-1-2-4-10(9)14(16)17/h1-6,8H,7H2. The van der Waals surface area contributed by atoms with Crippen molar-refractivity contribution < 1.29 is 4.92 Å². The Balaban J connectivity index is 2.40. The van der Waals surface area contributed by atoms with Crippen LogP contribution in [0.5, 0.6) is 0 Å². The summed E-state index contributed by atoms with van der Waals surface area (Å²) in [6.45, 7) is 0.143. The second-order valence-electron chi connectivity index (χ2n) is 3.43. The number of para-hydroxylation sites is 1. The van der Waals surface area contributed by atoms with E-state index in [-0.39, 0.29) is 17.8 Å². The molecular formula is C11H9N3O3. The highest BCUT2D eigenvalue weighted by Crippen LogP contribution is 2.17. The summed E-state index contributed by atoms with van der Waals surface area (Å²) in [4.78, 5) is 25.6. The van der Waals surface area contributed by atoms with Gasteiger partial charge in [-0.05, 0) is 0 Å². The molecule has 17 heavy (non-hydrogen) atoms. The maximum absolute atomic E-state index is 11.5. The van der Waals surface area contributed by atoms with E-state index in [2.05, 4.69) is 4.98 Å². The fraction of sp³-hybridized carbons (Fsp3) is 0.0909. The molecule has 1 heterocycles. The molecular weight excluding hydrogens is 222 g/mol. The van der Waals surface area contributed by atoms with Crippen LogP contribution in [-0.4, -0.2) is 14.5 Å². The summed E-state index contributed by atoms with van der Waals surface area (Å²) in [5, 5.41) is 10.8. The van der Waals surface area contributed by atoms with E-state index in [9.17, 15) is 14.9 Å². The maximum atomic E-state index is 11.5. The lowest BCUT2D eigenvalue weighted by atomic mass is 10.2.